The SMILES string of the molecule is C/C=C/c1ccc(-c2ccc(C3CCC(CCCC)CC3)cc2)cc1. The van der Waals surface area contributed by atoms with E-state index in [2.05, 4.69) is 74.5 Å². The normalized spacial score (nSPS) is 20.9. The zero-order valence-electron chi connectivity index (χ0n) is 15.9. The fourth-order valence-corrected chi connectivity index (χ4v) is 4.20. The highest BCUT2D eigenvalue weighted by Gasteiger charge is 2.21. The summed E-state index contributed by atoms with van der Waals surface area (Å²) in [6.45, 7) is 4.37. The fraction of sp³-hybridized carbons (Fsp3) is 0.440. The predicted octanol–water partition coefficient (Wildman–Crippen LogP) is 7.85. The van der Waals surface area contributed by atoms with Crippen molar-refractivity contribution in [3.05, 3.63) is 65.7 Å². The van der Waals surface area contributed by atoms with Crippen molar-refractivity contribution in [1.29, 1.82) is 0 Å². The highest BCUT2D eigenvalue weighted by Crippen LogP contribution is 2.38. The molecule has 1 aliphatic carbocycles. The van der Waals surface area contributed by atoms with E-state index in [4.69, 9.17) is 0 Å². The Kier molecular flexibility index (Phi) is 6.50. The van der Waals surface area contributed by atoms with E-state index in [9.17, 15) is 0 Å². The molecule has 0 heteroatoms. The third kappa shape index (κ3) is 4.84. The summed E-state index contributed by atoms with van der Waals surface area (Å²) in [5.74, 6) is 1.77. The molecule has 1 aliphatic rings. The van der Waals surface area contributed by atoms with Crippen LogP contribution in [-0.4, -0.2) is 0 Å². The fourth-order valence-electron chi connectivity index (χ4n) is 4.20. The van der Waals surface area contributed by atoms with Gasteiger partial charge in [0.25, 0.3) is 0 Å². The van der Waals surface area contributed by atoms with Gasteiger partial charge in [-0.3, -0.25) is 0 Å². The molecule has 0 unspecified atom stereocenters. The molecule has 3 rings (SSSR count). The molecular formula is C25H32. The standard InChI is InChI=1S/C25H32/c1-3-5-7-21-10-14-23(15-11-21)25-18-16-24(17-19-25)22-12-8-20(6-4-2)9-13-22/h4,6,8-9,12-13,16-19,21,23H,3,5,7,10-11,14-15H2,1-2H3/b6-4+. The summed E-state index contributed by atoms with van der Waals surface area (Å²) in [5, 5.41) is 0. The van der Waals surface area contributed by atoms with Crippen LogP contribution in [0.3, 0.4) is 0 Å². The number of hydrogen-bond acceptors (Lipinski definition) is 0. The minimum Gasteiger partial charge on any atom is -0.0871 e. The van der Waals surface area contributed by atoms with E-state index in [0.29, 0.717) is 0 Å². The first kappa shape index (κ1) is 18.0. The van der Waals surface area contributed by atoms with Gasteiger partial charge >= 0.3 is 0 Å². The van der Waals surface area contributed by atoms with Crippen molar-refractivity contribution >= 4 is 6.08 Å². The summed E-state index contributed by atoms with van der Waals surface area (Å²) < 4.78 is 0. The maximum Gasteiger partial charge on any atom is -0.0162 e. The molecule has 1 fully saturated rings. The van der Waals surface area contributed by atoms with Crippen LogP contribution in [0.25, 0.3) is 17.2 Å². The first-order valence-electron chi connectivity index (χ1n) is 10.1. The monoisotopic (exact) mass is 332 g/mol. The van der Waals surface area contributed by atoms with Gasteiger partial charge in [0.2, 0.25) is 0 Å². The van der Waals surface area contributed by atoms with Crippen LogP contribution in [0.1, 0.15) is 75.8 Å². The molecule has 0 aliphatic heterocycles. The lowest BCUT2D eigenvalue weighted by Gasteiger charge is -2.29. The number of hydrogen-bond donors (Lipinski definition) is 0. The summed E-state index contributed by atoms with van der Waals surface area (Å²) >= 11 is 0. The second kappa shape index (κ2) is 9.04. The number of allylic oxidation sites excluding steroid dienone is 1. The molecule has 0 radical (unpaired) electrons. The molecule has 0 amide bonds. The Morgan fingerprint density at radius 1 is 0.840 bits per heavy atom. The van der Waals surface area contributed by atoms with Crippen LogP contribution in [0.2, 0.25) is 0 Å². The quantitative estimate of drug-likeness (QED) is 0.505. The first-order chi connectivity index (χ1) is 12.3. The third-order valence-corrected chi connectivity index (χ3v) is 5.80. The summed E-state index contributed by atoms with van der Waals surface area (Å²) in [6, 6.07) is 18.2. The van der Waals surface area contributed by atoms with Crippen molar-refractivity contribution in [2.75, 3.05) is 0 Å². The highest BCUT2D eigenvalue weighted by molar-refractivity contribution is 5.66. The number of unbranched alkanes of at least 4 members (excludes halogenated alkanes) is 1. The van der Waals surface area contributed by atoms with Crippen LogP contribution in [0.5, 0.6) is 0 Å². The van der Waals surface area contributed by atoms with Crippen LogP contribution < -0.4 is 0 Å². The molecule has 0 saturated heterocycles. The number of rotatable bonds is 6. The molecule has 25 heavy (non-hydrogen) atoms. The molecular weight excluding hydrogens is 300 g/mol. The van der Waals surface area contributed by atoms with E-state index in [-0.39, 0.29) is 0 Å². The average molecular weight is 333 g/mol. The molecule has 0 spiro atoms. The second-order valence-electron chi connectivity index (χ2n) is 7.60. The summed E-state index contributed by atoms with van der Waals surface area (Å²) in [7, 11) is 0. The first-order valence-corrected chi connectivity index (χ1v) is 10.1. The van der Waals surface area contributed by atoms with Gasteiger partial charge in [-0.1, -0.05) is 86.9 Å². The topological polar surface area (TPSA) is 0 Å². The van der Waals surface area contributed by atoms with Gasteiger partial charge in [-0.05, 0) is 66.7 Å². The zero-order valence-corrected chi connectivity index (χ0v) is 15.9. The molecule has 2 aromatic rings. The van der Waals surface area contributed by atoms with Crippen LogP contribution >= 0.6 is 0 Å². The maximum absolute atomic E-state index is 2.37. The van der Waals surface area contributed by atoms with Crippen LogP contribution in [0.4, 0.5) is 0 Å². The van der Waals surface area contributed by atoms with Crippen LogP contribution in [0, 0.1) is 5.92 Å². The van der Waals surface area contributed by atoms with Gasteiger partial charge in [0.1, 0.15) is 0 Å². The Morgan fingerprint density at radius 3 is 2.00 bits per heavy atom. The van der Waals surface area contributed by atoms with Crippen molar-refractivity contribution in [2.24, 2.45) is 5.92 Å². The Morgan fingerprint density at radius 2 is 1.44 bits per heavy atom. The Bertz CT molecular complexity index is 652. The van der Waals surface area contributed by atoms with Crippen molar-refractivity contribution in [1.82, 2.24) is 0 Å². The van der Waals surface area contributed by atoms with E-state index in [1.807, 2.05) is 0 Å². The number of benzene rings is 2. The third-order valence-electron chi connectivity index (χ3n) is 5.80. The van der Waals surface area contributed by atoms with Gasteiger partial charge in [-0.25, -0.2) is 0 Å². The lowest BCUT2D eigenvalue weighted by molar-refractivity contribution is 0.304. The molecule has 132 valence electrons. The highest BCUT2D eigenvalue weighted by atomic mass is 14.3. The van der Waals surface area contributed by atoms with E-state index in [1.165, 1.54) is 61.6 Å². The summed E-state index contributed by atoms with van der Waals surface area (Å²) in [4.78, 5) is 0. The van der Waals surface area contributed by atoms with E-state index in [0.717, 1.165) is 11.8 Å². The second-order valence-corrected chi connectivity index (χ2v) is 7.60. The molecule has 0 atom stereocenters. The molecule has 0 bridgehead atoms. The molecule has 1 saturated carbocycles. The minimum atomic E-state index is 0.781. The van der Waals surface area contributed by atoms with Gasteiger partial charge in [0.05, 0.1) is 0 Å². The molecule has 0 heterocycles. The summed E-state index contributed by atoms with van der Waals surface area (Å²) in [5.41, 5.74) is 5.45. The predicted molar refractivity (Wildman–Crippen MR) is 111 cm³/mol. The molecule has 2 aromatic carbocycles. The van der Waals surface area contributed by atoms with Crippen molar-refractivity contribution in [3.63, 3.8) is 0 Å². The van der Waals surface area contributed by atoms with E-state index in [1.54, 1.807) is 5.56 Å². The maximum atomic E-state index is 2.37. The van der Waals surface area contributed by atoms with Gasteiger partial charge in [0.15, 0.2) is 0 Å². The molecule has 0 aromatic heterocycles. The average Bonchev–Trinajstić information content (AvgIpc) is 2.68. The van der Waals surface area contributed by atoms with E-state index < -0.39 is 0 Å². The molecule has 0 nitrogen and oxygen atoms in total. The van der Waals surface area contributed by atoms with Crippen molar-refractivity contribution < 1.29 is 0 Å². The largest absolute Gasteiger partial charge is 0.0871 e. The van der Waals surface area contributed by atoms with Crippen molar-refractivity contribution in [2.45, 2.75) is 64.7 Å². The lowest BCUT2D eigenvalue weighted by atomic mass is 9.77. The zero-order chi connectivity index (χ0) is 17.5. The Labute approximate surface area is 154 Å². The van der Waals surface area contributed by atoms with Gasteiger partial charge < -0.3 is 0 Å². The summed E-state index contributed by atoms with van der Waals surface area (Å²) in [6.07, 6.45) is 14.1. The van der Waals surface area contributed by atoms with Gasteiger partial charge in [0, 0.05) is 0 Å². The van der Waals surface area contributed by atoms with E-state index >= 15 is 0 Å². The minimum absolute atomic E-state index is 0.781. The van der Waals surface area contributed by atoms with Crippen molar-refractivity contribution in [3.8, 4) is 11.1 Å². The lowest BCUT2D eigenvalue weighted by Crippen LogP contribution is -2.13. The Balaban J connectivity index is 1.61. The smallest absolute Gasteiger partial charge is 0.0162 e. The van der Waals surface area contributed by atoms with Crippen LogP contribution in [0.15, 0.2) is 54.6 Å². The van der Waals surface area contributed by atoms with Gasteiger partial charge in [-0.15, -0.1) is 0 Å². The molecule has 0 N–H and O–H groups in total. The van der Waals surface area contributed by atoms with Crippen LogP contribution in [-0.2, 0) is 0 Å². The Hall–Kier alpha value is -1.82. The van der Waals surface area contributed by atoms with Gasteiger partial charge in [-0.2, -0.15) is 0 Å².